The van der Waals surface area contributed by atoms with E-state index in [-0.39, 0.29) is 6.04 Å². The van der Waals surface area contributed by atoms with E-state index < -0.39 is 10.2 Å². The second-order valence-electron chi connectivity index (χ2n) is 5.79. The summed E-state index contributed by atoms with van der Waals surface area (Å²) in [6, 6.07) is 1.57. The first-order chi connectivity index (χ1) is 10.9. The minimum absolute atomic E-state index is 0.317. The van der Waals surface area contributed by atoms with Gasteiger partial charge in [-0.1, -0.05) is 0 Å². The Balaban J connectivity index is 2.05. The van der Waals surface area contributed by atoms with Crippen LogP contribution in [-0.2, 0) is 10.2 Å². The summed E-state index contributed by atoms with van der Waals surface area (Å²) >= 11 is 0. The van der Waals surface area contributed by atoms with Gasteiger partial charge in [0.05, 0.1) is 11.7 Å². The van der Waals surface area contributed by atoms with E-state index in [2.05, 4.69) is 20.2 Å². The van der Waals surface area contributed by atoms with Crippen LogP contribution >= 0.6 is 0 Å². The summed E-state index contributed by atoms with van der Waals surface area (Å²) in [5.41, 5.74) is 2.88. The van der Waals surface area contributed by atoms with Gasteiger partial charge in [0.25, 0.3) is 10.2 Å². The lowest BCUT2D eigenvalue weighted by Gasteiger charge is -2.27. The molecule has 23 heavy (non-hydrogen) atoms. The van der Waals surface area contributed by atoms with Gasteiger partial charge < -0.3 is 0 Å². The van der Waals surface area contributed by atoms with Crippen LogP contribution < -0.4 is 0 Å². The molecule has 1 aliphatic rings. The maximum Gasteiger partial charge on any atom is 0.282 e. The van der Waals surface area contributed by atoms with Crippen LogP contribution in [0.2, 0.25) is 0 Å². The molecular weight excluding hydrogens is 316 g/mol. The Morgan fingerprint density at radius 2 is 2.04 bits per heavy atom. The zero-order valence-corrected chi connectivity index (χ0v) is 14.2. The topological polar surface area (TPSA) is 95.1 Å². The van der Waals surface area contributed by atoms with Crippen molar-refractivity contribution >= 4 is 10.2 Å². The van der Waals surface area contributed by atoms with Crippen molar-refractivity contribution in [2.24, 2.45) is 0 Å². The van der Waals surface area contributed by atoms with E-state index in [0.717, 1.165) is 18.5 Å². The van der Waals surface area contributed by atoms with Crippen LogP contribution in [-0.4, -0.2) is 57.8 Å². The van der Waals surface area contributed by atoms with Gasteiger partial charge in [-0.2, -0.15) is 22.1 Å². The molecule has 124 valence electrons. The van der Waals surface area contributed by atoms with Crippen LogP contribution in [0, 0.1) is 6.92 Å². The number of aromatic nitrogens is 4. The monoisotopic (exact) mass is 336 g/mol. The number of nitrogens with one attached hydrogen (secondary N) is 1. The zero-order valence-electron chi connectivity index (χ0n) is 13.4. The fourth-order valence-corrected chi connectivity index (χ4v) is 4.13. The molecule has 1 atom stereocenters. The third kappa shape index (κ3) is 2.87. The SMILES string of the molecule is Cc1cc(-c2nccnc2[C@@H]2CCCN2S(=O)(=O)N(C)C)n[nH]1. The Morgan fingerprint density at radius 1 is 1.30 bits per heavy atom. The average molecular weight is 336 g/mol. The lowest BCUT2D eigenvalue weighted by molar-refractivity contribution is 0.358. The quantitative estimate of drug-likeness (QED) is 0.903. The number of hydrogen-bond acceptors (Lipinski definition) is 5. The van der Waals surface area contributed by atoms with E-state index in [1.165, 1.54) is 8.61 Å². The van der Waals surface area contributed by atoms with Crippen LogP contribution in [0.3, 0.4) is 0 Å². The summed E-state index contributed by atoms with van der Waals surface area (Å²) in [5, 5.41) is 7.12. The molecule has 3 heterocycles. The first-order valence-corrected chi connectivity index (χ1v) is 8.83. The fraction of sp³-hybridized carbons (Fsp3) is 0.500. The summed E-state index contributed by atoms with van der Waals surface area (Å²) in [4.78, 5) is 8.82. The van der Waals surface area contributed by atoms with Crippen molar-refractivity contribution in [2.75, 3.05) is 20.6 Å². The van der Waals surface area contributed by atoms with E-state index in [4.69, 9.17) is 0 Å². The molecule has 1 fully saturated rings. The van der Waals surface area contributed by atoms with Crippen LogP contribution in [0.25, 0.3) is 11.4 Å². The van der Waals surface area contributed by atoms with Crippen molar-refractivity contribution in [3.8, 4) is 11.4 Å². The molecule has 1 N–H and O–H groups in total. The molecule has 0 spiro atoms. The van der Waals surface area contributed by atoms with E-state index in [0.29, 0.717) is 23.6 Å². The van der Waals surface area contributed by atoms with Gasteiger partial charge in [-0.05, 0) is 25.8 Å². The van der Waals surface area contributed by atoms with Gasteiger partial charge in [-0.15, -0.1) is 0 Å². The number of H-pyrrole nitrogens is 1. The number of nitrogens with zero attached hydrogens (tertiary/aromatic N) is 5. The zero-order chi connectivity index (χ0) is 16.6. The molecule has 0 aliphatic carbocycles. The highest BCUT2D eigenvalue weighted by atomic mass is 32.2. The summed E-state index contributed by atoms with van der Waals surface area (Å²) in [5.74, 6) is 0. The molecule has 8 nitrogen and oxygen atoms in total. The van der Waals surface area contributed by atoms with Crippen molar-refractivity contribution < 1.29 is 8.42 Å². The Kier molecular flexibility index (Phi) is 4.17. The highest BCUT2D eigenvalue weighted by Crippen LogP contribution is 2.37. The molecule has 0 amide bonds. The van der Waals surface area contributed by atoms with Gasteiger partial charge in [0.2, 0.25) is 0 Å². The highest BCUT2D eigenvalue weighted by molar-refractivity contribution is 7.86. The van der Waals surface area contributed by atoms with Gasteiger partial charge >= 0.3 is 0 Å². The smallest absolute Gasteiger partial charge is 0.282 e. The molecule has 0 unspecified atom stereocenters. The molecule has 0 bridgehead atoms. The van der Waals surface area contributed by atoms with Crippen molar-refractivity contribution in [1.82, 2.24) is 28.8 Å². The van der Waals surface area contributed by atoms with E-state index >= 15 is 0 Å². The summed E-state index contributed by atoms with van der Waals surface area (Å²) < 4.78 is 27.8. The van der Waals surface area contributed by atoms with Crippen molar-refractivity contribution in [2.45, 2.75) is 25.8 Å². The average Bonchev–Trinajstić information content (AvgIpc) is 3.16. The molecule has 9 heteroatoms. The molecule has 1 saturated heterocycles. The van der Waals surface area contributed by atoms with Gasteiger partial charge in [-0.3, -0.25) is 15.1 Å². The Morgan fingerprint density at radius 3 is 2.70 bits per heavy atom. The molecule has 3 rings (SSSR count). The van der Waals surface area contributed by atoms with Gasteiger partial charge in [0.15, 0.2) is 0 Å². The first kappa shape index (κ1) is 16.0. The lowest BCUT2D eigenvalue weighted by Crippen LogP contribution is -2.39. The molecule has 2 aromatic heterocycles. The van der Waals surface area contributed by atoms with Gasteiger partial charge in [0, 0.05) is 38.7 Å². The minimum Gasteiger partial charge on any atom is -0.282 e. The van der Waals surface area contributed by atoms with E-state index in [1.54, 1.807) is 26.5 Å². The number of rotatable bonds is 4. The number of aryl methyl sites for hydroxylation is 1. The second-order valence-corrected chi connectivity index (χ2v) is 7.88. The standard InChI is InChI=1S/C14H20N6O2S/c1-10-9-11(18-17-10)13-14(16-7-6-15-13)12-5-4-8-20(12)23(21,22)19(2)3/h6-7,9,12H,4-5,8H2,1-3H3,(H,17,18)/t12-/m0/s1. The molecular formula is C14H20N6O2S. The largest absolute Gasteiger partial charge is 0.282 e. The predicted octanol–water partition coefficient (Wildman–Crippen LogP) is 1.12. The Bertz CT molecular complexity index is 801. The van der Waals surface area contributed by atoms with Gasteiger partial charge in [0.1, 0.15) is 11.4 Å². The molecule has 1 aliphatic heterocycles. The maximum absolute atomic E-state index is 12.6. The molecule has 2 aromatic rings. The van der Waals surface area contributed by atoms with Crippen LogP contribution in [0.4, 0.5) is 0 Å². The van der Waals surface area contributed by atoms with Crippen LogP contribution in [0.1, 0.15) is 30.3 Å². The molecule has 0 aromatic carbocycles. The third-order valence-electron chi connectivity index (χ3n) is 3.95. The maximum atomic E-state index is 12.6. The molecule has 0 radical (unpaired) electrons. The Hall–Kier alpha value is -1.84. The fourth-order valence-electron chi connectivity index (χ4n) is 2.83. The first-order valence-electron chi connectivity index (χ1n) is 7.44. The minimum atomic E-state index is -3.50. The van der Waals surface area contributed by atoms with Crippen molar-refractivity contribution in [3.05, 3.63) is 29.8 Å². The predicted molar refractivity (Wildman–Crippen MR) is 85.6 cm³/mol. The molecule has 0 saturated carbocycles. The van der Waals surface area contributed by atoms with E-state index in [9.17, 15) is 8.42 Å². The van der Waals surface area contributed by atoms with Gasteiger partial charge in [-0.25, -0.2) is 0 Å². The van der Waals surface area contributed by atoms with E-state index in [1.807, 2.05) is 13.0 Å². The summed E-state index contributed by atoms with van der Waals surface area (Å²) in [6.45, 7) is 2.39. The third-order valence-corrected chi connectivity index (χ3v) is 5.90. The summed E-state index contributed by atoms with van der Waals surface area (Å²) in [7, 11) is -0.415. The Labute approximate surface area is 135 Å². The van der Waals surface area contributed by atoms with Crippen LogP contribution in [0.15, 0.2) is 18.5 Å². The van der Waals surface area contributed by atoms with Crippen molar-refractivity contribution in [1.29, 1.82) is 0 Å². The lowest BCUT2D eigenvalue weighted by atomic mass is 10.1. The number of hydrogen-bond donors (Lipinski definition) is 1. The highest BCUT2D eigenvalue weighted by Gasteiger charge is 2.38. The van der Waals surface area contributed by atoms with Crippen molar-refractivity contribution in [3.63, 3.8) is 0 Å². The number of aromatic amines is 1. The van der Waals surface area contributed by atoms with Crippen LogP contribution in [0.5, 0.6) is 0 Å². The normalized spacial score (nSPS) is 19.6. The summed E-state index contributed by atoms with van der Waals surface area (Å²) in [6.07, 6.45) is 4.72. The second kappa shape index (κ2) is 5.99.